The Morgan fingerprint density at radius 3 is 2.38 bits per heavy atom. The van der Waals surface area contributed by atoms with Gasteiger partial charge in [0.25, 0.3) is 0 Å². The molecule has 0 unspecified atom stereocenters. The number of benzene rings is 3. The van der Waals surface area contributed by atoms with E-state index in [1.165, 1.54) is 16.3 Å². The fourth-order valence-electron chi connectivity index (χ4n) is 3.58. The zero-order valence-electron chi connectivity index (χ0n) is 17.3. The number of hydrogen-bond acceptors (Lipinski definition) is 2. The highest BCUT2D eigenvalue weighted by molar-refractivity contribution is 5.88. The highest BCUT2D eigenvalue weighted by Gasteiger charge is 2.25. The van der Waals surface area contributed by atoms with E-state index in [0.717, 1.165) is 11.1 Å². The summed E-state index contributed by atoms with van der Waals surface area (Å²) in [5.41, 5.74) is 3.34. The first-order chi connectivity index (χ1) is 14.0. The van der Waals surface area contributed by atoms with Crippen molar-refractivity contribution in [3.8, 4) is 0 Å². The number of nitrogens with one attached hydrogen (secondary N) is 1. The maximum absolute atomic E-state index is 13.1. The van der Waals surface area contributed by atoms with E-state index in [-0.39, 0.29) is 11.8 Å². The Hall–Kier alpha value is -3.14. The van der Waals surface area contributed by atoms with Crippen LogP contribution >= 0.6 is 0 Å². The number of amides is 2. The Morgan fingerprint density at radius 1 is 0.966 bits per heavy atom. The van der Waals surface area contributed by atoms with Gasteiger partial charge in [-0.25, -0.2) is 0 Å². The minimum Gasteiger partial charge on any atom is -0.357 e. The van der Waals surface area contributed by atoms with Crippen LogP contribution in [-0.2, 0) is 22.6 Å². The SMILES string of the molecule is CNC(=O)[C@@H](C)N(Cc1ccc(C)cc1)C(=O)CCc1cccc2ccccc12. The molecule has 0 aliphatic heterocycles. The molecule has 0 fully saturated rings. The highest BCUT2D eigenvalue weighted by atomic mass is 16.2. The van der Waals surface area contributed by atoms with Gasteiger partial charge in [-0.2, -0.15) is 0 Å². The number of fused-ring (bicyclic) bond motifs is 1. The van der Waals surface area contributed by atoms with Crippen molar-refractivity contribution >= 4 is 22.6 Å². The zero-order valence-corrected chi connectivity index (χ0v) is 17.3. The molecule has 4 heteroatoms. The number of rotatable bonds is 7. The molecule has 1 atom stereocenters. The quantitative estimate of drug-likeness (QED) is 0.658. The summed E-state index contributed by atoms with van der Waals surface area (Å²) < 4.78 is 0. The summed E-state index contributed by atoms with van der Waals surface area (Å²) in [6.45, 7) is 4.23. The number of carbonyl (C=O) groups is 2. The lowest BCUT2D eigenvalue weighted by molar-refractivity contribution is -0.140. The lowest BCUT2D eigenvalue weighted by Crippen LogP contribution is -2.46. The van der Waals surface area contributed by atoms with E-state index in [4.69, 9.17) is 0 Å². The largest absolute Gasteiger partial charge is 0.357 e. The molecule has 2 amide bonds. The van der Waals surface area contributed by atoms with E-state index in [0.29, 0.717) is 19.4 Å². The highest BCUT2D eigenvalue weighted by Crippen LogP contribution is 2.21. The van der Waals surface area contributed by atoms with Crippen LogP contribution in [-0.4, -0.2) is 29.8 Å². The van der Waals surface area contributed by atoms with E-state index < -0.39 is 6.04 Å². The number of carbonyl (C=O) groups excluding carboxylic acids is 2. The van der Waals surface area contributed by atoms with Gasteiger partial charge in [0, 0.05) is 20.0 Å². The van der Waals surface area contributed by atoms with Crippen LogP contribution in [0.3, 0.4) is 0 Å². The van der Waals surface area contributed by atoms with Crippen molar-refractivity contribution in [3.63, 3.8) is 0 Å². The molecule has 0 saturated heterocycles. The van der Waals surface area contributed by atoms with Crippen LogP contribution in [0, 0.1) is 6.92 Å². The Morgan fingerprint density at radius 2 is 1.66 bits per heavy atom. The van der Waals surface area contributed by atoms with Gasteiger partial charge in [0.15, 0.2) is 0 Å². The van der Waals surface area contributed by atoms with E-state index in [1.54, 1.807) is 18.9 Å². The predicted octanol–water partition coefficient (Wildman–Crippen LogP) is 4.24. The maximum Gasteiger partial charge on any atom is 0.242 e. The molecule has 0 spiro atoms. The average molecular weight is 389 g/mol. The van der Waals surface area contributed by atoms with Crippen LogP contribution in [0.25, 0.3) is 10.8 Å². The smallest absolute Gasteiger partial charge is 0.242 e. The minimum absolute atomic E-state index is 0.0189. The van der Waals surface area contributed by atoms with Crippen molar-refractivity contribution in [2.24, 2.45) is 0 Å². The summed E-state index contributed by atoms with van der Waals surface area (Å²) in [5, 5.41) is 5.01. The van der Waals surface area contributed by atoms with Crippen LogP contribution in [0.1, 0.15) is 30.0 Å². The standard InChI is InChI=1S/C25H28N2O2/c1-18-11-13-20(14-12-18)17-27(19(2)25(29)26-3)24(28)16-15-22-9-6-8-21-7-4-5-10-23(21)22/h4-14,19H,15-17H2,1-3H3,(H,26,29)/t19-/m1/s1. The van der Waals surface area contributed by atoms with Crippen LogP contribution in [0.4, 0.5) is 0 Å². The number of aryl methyl sites for hydroxylation is 2. The lowest BCUT2D eigenvalue weighted by Gasteiger charge is -2.28. The van der Waals surface area contributed by atoms with Crippen molar-refractivity contribution in [2.45, 2.75) is 39.3 Å². The first-order valence-electron chi connectivity index (χ1n) is 10.0. The Kier molecular flexibility index (Phi) is 6.65. The summed E-state index contributed by atoms with van der Waals surface area (Å²) in [4.78, 5) is 27.1. The van der Waals surface area contributed by atoms with E-state index in [9.17, 15) is 9.59 Å². The van der Waals surface area contributed by atoms with Gasteiger partial charge in [0.1, 0.15) is 6.04 Å². The van der Waals surface area contributed by atoms with Crippen LogP contribution in [0.5, 0.6) is 0 Å². The second kappa shape index (κ2) is 9.37. The van der Waals surface area contributed by atoms with Crippen molar-refractivity contribution in [1.82, 2.24) is 10.2 Å². The van der Waals surface area contributed by atoms with E-state index in [1.807, 2.05) is 49.4 Å². The van der Waals surface area contributed by atoms with Gasteiger partial charge in [-0.3, -0.25) is 9.59 Å². The van der Waals surface area contributed by atoms with Gasteiger partial charge in [-0.1, -0.05) is 72.3 Å². The lowest BCUT2D eigenvalue weighted by atomic mass is 10.0. The summed E-state index contributed by atoms with van der Waals surface area (Å²) >= 11 is 0. The molecule has 0 aliphatic rings. The van der Waals surface area contributed by atoms with Gasteiger partial charge in [0.2, 0.25) is 11.8 Å². The molecule has 0 aliphatic carbocycles. The van der Waals surface area contributed by atoms with Gasteiger partial charge in [-0.05, 0) is 42.2 Å². The van der Waals surface area contributed by atoms with Crippen molar-refractivity contribution in [2.75, 3.05) is 7.05 Å². The monoisotopic (exact) mass is 388 g/mol. The number of likely N-dealkylation sites (N-methyl/N-ethyl adjacent to an activating group) is 1. The number of hydrogen-bond donors (Lipinski definition) is 1. The molecule has 0 heterocycles. The minimum atomic E-state index is -0.527. The Balaban J connectivity index is 1.78. The van der Waals surface area contributed by atoms with Crippen molar-refractivity contribution in [1.29, 1.82) is 0 Å². The molecule has 150 valence electrons. The summed E-state index contributed by atoms with van der Waals surface area (Å²) in [6, 6.07) is 21.9. The van der Waals surface area contributed by atoms with Crippen LogP contribution < -0.4 is 5.32 Å². The summed E-state index contributed by atoms with van der Waals surface area (Å²) in [7, 11) is 1.60. The molecule has 4 nitrogen and oxygen atoms in total. The summed E-state index contributed by atoms with van der Waals surface area (Å²) in [6.07, 6.45) is 1.01. The van der Waals surface area contributed by atoms with Gasteiger partial charge in [0.05, 0.1) is 0 Å². The van der Waals surface area contributed by atoms with E-state index >= 15 is 0 Å². The molecule has 3 aromatic carbocycles. The molecule has 3 aromatic rings. The second-order valence-corrected chi connectivity index (χ2v) is 7.44. The van der Waals surface area contributed by atoms with Gasteiger partial charge in [-0.15, -0.1) is 0 Å². The molecule has 0 bridgehead atoms. The van der Waals surface area contributed by atoms with Crippen molar-refractivity contribution < 1.29 is 9.59 Å². The summed E-state index contributed by atoms with van der Waals surface area (Å²) in [5.74, 6) is -0.176. The second-order valence-electron chi connectivity index (χ2n) is 7.44. The molecular formula is C25H28N2O2. The third-order valence-corrected chi connectivity index (χ3v) is 5.38. The molecule has 0 saturated carbocycles. The van der Waals surface area contributed by atoms with Gasteiger partial charge >= 0.3 is 0 Å². The van der Waals surface area contributed by atoms with Crippen LogP contribution in [0.2, 0.25) is 0 Å². The predicted molar refractivity (Wildman–Crippen MR) is 118 cm³/mol. The van der Waals surface area contributed by atoms with Crippen LogP contribution in [0.15, 0.2) is 66.7 Å². The Labute approximate surface area is 172 Å². The molecule has 0 radical (unpaired) electrons. The van der Waals surface area contributed by atoms with E-state index in [2.05, 4.69) is 29.6 Å². The molecule has 1 N–H and O–H groups in total. The number of nitrogens with zero attached hydrogens (tertiary/aromatic N) is 1. The van der Waals surface area contributed by atoms with Gasteiger partial charge < -0.3 is 10.2 Å². The third-order valence-electron chi connectivity index (χ3n) is 5.38. The topological polar surface area (TPSA) is 49.4 Å². The third kappa shape index (κ3) is 5.02. The maximum atomic E-state index is 13.1. The first-order valence-corrected chi connectivity index (χ1v) is 10.0. The molecule has 29 heavy (non-hydrogen) atoms. The normalized spacial score (nSPS) is 11.8. The zero-order chi connectivity index (χ0) is 20.8. The molecular weight excluding hydrogens is 360 g/mol. The fourth-order valence-corrected chi connectivity index (χ4v) is 3.58. The fraction of sp³-hybridized carbons (Fsp3) is 0.280. The average Bonchev–Trinajstić information content (AvgIpc) is 2.76. The van der Waals surface area contributed by atoms with Crippen molar-refractivity contribution in [3.05, 3.63) is 83.4 Å². The molecule has 3 rings (SSSR count). The first kappa shape index (κ1) is 20.6. The Bertz CT molecular complexity index is 990. The molecule has 0 aromatic heterocycles.